The van der Waals surface area contributed by atoms with Crippen molar-refractivity contribution in [3.05, 3.63) is 74.9 Å². The zero-order valence-electron chi connectivity index (χ0n) is 17.8. The number of benzene rings is 1. The quantitative estimate of drug-likeness (QED) is 0.647. The Balaban J connectivity index is 1.61. The Labute approximate surface area is 180 Å². The Morgan fingerprint density at radius 2 is 1.87 bits per heavy atom. The summed E-state index contributed by atoms with van der Waals surface area (Å²) in [4.78, 5) is 35.3. The number of ether oxygens (including phenoxy) is 1. The van der Waals surface area contributed by atoms with Gasteiger partial charge in [-0.3, -0.25) is 19.5 Å². The molecule has 2 aliphatic heterocycles. The van der Waals surface area contributed by atoms with Crippen LogP contribution in [0.2, 0.25) is 0 Å². The number of amides is 1. The highest BCUT2D eigenvalue weighted by Crippen LogP contribution is 2.38. The predicted octanol–water partition coefficient (Wildman–Crippen LogP) is 2.68. The molecule has 0 aliphatic carbocycles. The van der Waals surface area contributed by atoms with Gasteiger partial charge in [0, 0.05) is 38.6 Å². The van der Waals surface area contributed by atoms with Crippen LogP contribution in [-0.2, 0) is 4.74 Å². The van der Waals surface area contributed by atoms with Gasteiger partial charge in [0.05, 0.1) is 30.2 Å². The van der Waals surface area contributed by atoms with Gasteiger partial charge >= 0.3 is 0 Å². The molecule has 0 bridgehead atoms. The Morgan fingerprint density at radius 1 is 1.10 bits per heavy atom. The fourth-order valence-corrected chi connectivity index (χ4v) is 4.46. The van der Waals surface area contributed by atoms with Gasteiger partial charge in [-0.15, -0.1) is 0 Å². The second kappa shape index (κ2) is 7.90. The molecule has 31 heavy (non-hydrogen) atoms. The number of hydrogen-bond acceptors (Lipinski definition) is 6. The van der Waals surface area contributed by atoms with Crippen LogP contribution in [0.5, 0.6) is 0 Å². The normalized spacial score (nSPS) is 19.2. The maximum Gasteiger partial charge on any atom is 0.290 e. The van der Waals surface area contributed by atoms with Crippen LogP contribution in [0, 0.1) is 13.8 Å². The first-order valence-corrected chi connectivity index (χ1v) is 10.6. The zero-order valence-corrected chi connectivity index (χ0v) is 17.8. The van der Waals surface area contributed by atoms with Crippen molar-refractivity contribution in [3.8, 4) is 0 Å². The number of fused-ring (bicyclic) bond motifs is 2. The standard InChI is InChI=1S/C24H25N3O4/c1-15-12-18-19(13-16(15)2)31-23-20(22(18)28)21(17-4-3-5-25-14-17)27(24(23)29)7-6-26-8-10-30-11-9-26/h3-5,12-14,21H,6-11H2,1-2H3/t21-/m0/s1. The van der Waals surface area contributed by atoms with Crippen molar-refractivity contribution in [2.24, 2.45) is 0 Å². The number of rotatable bonds is 4. The lowest BCUT2D eigenvalue weighted by Crippen LogP contribution is -2.42. The van der Waals surface area contributed by atoms with Crippen LogP contribution in [0.4, 0.5) is 0 Å². The number of pyridine rings is 1. The van der Waals surface area contributed by atoms with Gasteiger partial charge in [-0.05, 0) is 48.7 Å². The lowest BCUT2D eigenvalue weighted by atomic mass is 9.98. The van der Waals surface area contributed by atoms with E-state index < -0.39 is 6.04 Å². The van der Waals surface area contributed by atoms with E-state index in [1.807, 2.05) is 38.1 Å². The third-order valence-corrected chi connectivity index (χ3v) is 6.34. The summed E-state index contributed by atoms with van der Waals surface area (Å²) in [5.41, 5.74) is 3.58. The molecule has 160 valence electrons. The monoisotopic (exact) mass is 419 g/mol. The fraction of sp³-hybridized carbons (Fsp3) is 0.375. The highest BCUT2D eigenvalue weighted by molar-refractivity contribution is 5.99. The molecule has 7 heteroatoms. The number of morpholine rings is 1. The summed E-state index contributed by atoms with van der Waals surface area (Å²) in [6, 6.07) is 6.94. The van der Waals surface area contributed by atoms with Gasteiger partial charge < -0.3 is 14.1 Å². The Hall–Kier alpha value is -3.03. The van der Waals surface area contributed by atoms with Crippen molar-refractivity contribution in [1.29, 1.82) is 0 Å². The molecular formula is C24H25N3O4. The van der Waals surface area contributed by atoms with Gasteiger partial charge in [0.2, 0.25) is 5.76 Å². The van der Waals surface area contributed by atoms with Gasteiger partial charge in [0.1, 0.15) is 5.58 Å². The van der Waals surface area contributed by atoms with Gasteiger partial charge in [-0.1, -0.05) is 6.07 Å². The largest absolute Gasteiger partial charge is 0.450 e. The molecule has 1 fully saturated rings. The van der Waals surface area contributed by atoms with Gasteiger partial charge in [-0.2, -0.15) is 0 Å². The van der Waals surface area contributed by atoms with E-state index in [0.717, 1.165) is 29.8 Å². The zero-order chi connectivity index (χ0) is 21.5. The van der Waals surface area contributed by atoms with Crippen molar-refractivity contribution in [2.45, 2.75) is 19.9 Å². The van der Waals surface area contributed by atoms with E-state index in [1.165, 1.54) is 0 Å². The fourth-order valence-electron chi connectivity index (χ4n) is 4.46. The molecule has 1 saturated heterocycles. The molecule has 2 aliphatic rings. The first-order valence-electron chi connectivity index (χ1n) is 10.6. The molecule has 0 radical (unpaired) electrons. The minimum absolute atomic E-state index is 0.143. The van der Waals surface area contributed by atoms with E-state index in [4.69, 9.17) is 9.15 Å². The van der Waals surface area contributed by atoms with Crippen LogP contribution in [0.1, 0.15) is 38.9 Å². The smallest absolute Gasteiger partial charge is 0.290 e. The first kappa shape index (κ1) is 19.9. The second-order valence-electron chi connectivity index (χ2n) is 8.25. The molecule has 3 aromatic rings. The number of hydrogen-bond donors (Lipinski definition) is 0. The number of carbonyl (C=O) groups is 1. The van der Waals surface area contributed by atoms with Crippen LogP contribution < -0.4 is 5.43 Å². The first-order chi connectivity index (χ1) is 15.0. The molecule has 1 atom stereocenters. The Bertz CT molecular complexity index is 1200. The average Bonchev–Trinajstić information content (AvgIpc) is 3.07. The third kappa shape index (κ3) is 3.43. The minimum atomic E-state index is -0.500. The van der Waals surface area contributed by atoms with E-state index in [9.17, 15) is 9.59 Å². The SMILES string of the molecule is Cc1cc2oc3c(c(=O)c2cc1C)[C@H](c1cccnc1)N(CCN1CCOCC1)C3=O. The maximum atomic E-state index is 13.6. The summed E-state index contributed by atoms with van der Waals surface area (Å²) in [5, 5.41) is 0.513. The van der Waals surface area contributed by atoms with E-state index >= 15 is 0 Å². The molecule has 0 saturated carbocycles. The van der Waals surface area contributed by atoms with Crippen LogP contribution in [0.25, 0.3) is 11.0 Å². The lowest BCUT2D eigenvalue weighted by Gasteiger charge is -2.30. The molecule has 5 rings (SSSR count). The molecule has 0 spiro atoms. The van der Waals surface area contributed by atoms with E-state index in [1.54, 1.807) is 17.3 Å². The van der Waals surface area contributed by atoms with Crippen molar-refractivity contribution in [1.82, 2.24) is 14.8 Å². The van der Waals surface area contributed by atoms with Crippen molar-refractivity contribution in [3.63, 3.8) is 0 Å². The van der Waals surface area contributed by atoms with Crippen LogP contribution in [0.3, 0.4) is 0 Å². The molecule has 2 aromatic heterocycles. The highest BCUT2D eigenvalue weighted by Gasteiger charge is 2.42. The molecule has 7 nitrogen and oxygen atoms in total. The van der Waals surface area contributed by atoms with Crippen molar-refractivity contribution < 1.29 is 13.9 Å². The topological polar surface area (TPSA) is 75.9 Å². The summed E-state index contributed by atoms with van der Waals surface area (Å²) in [7, 11) is 0. The highest BCUT2D eigenvalue weighted by atomic mass is 16.5. The number of aryl methyl sites for hydroxylation is 2. The summed E-state index contributed by atoms with van der Waals surface area (Å²) in [5.74, 6) is -0.0917. The van der Waals surface area contributed by atoms with Crippen LogP contribution in [-0.4, -0.2) is 60.1 Å². The Morgan fingerprint density at radius 3 is 2.61 bits per heavy atom. The number of aromatic nitrogens is 1. The summed E-state index contributed by atoms with van der Waals surface area (Å²) in [6.07, 6.45) is 3.41. The third-order valence-electron chi connectivity index (χ3n) is 6.34. The second-order valence-corrected chi connectivity index (χ2v) is 8.25. The van der Waals surface area contributed by atoms with Gasteiger partial charge in [-0.25, -0.2) is 0 Å². The minimum Gasteiger partial charge on any atom is -0.450 e. The van der Waals surface area contributed by atoms with Crippen molar-refractivity contribution >= 4 is 16.9 Å². The van der Waals surface area contributed by atoms with Crippen LogP contribution in [0.15, 0.2) is 45.9 Å². The number of nitrogens with zero attached hydrogens (tertiary/aromatic N) is 3. The maximum absolute atomic E-state index is 13.6. The summed E-state index contributed by atoms with van der Waals surface area (Å²) >= 11 is 0. The van der Waals surface area contributed by atoms with E-state index in [0.29, 0.717) is 42.8 Å². The van der Waals surface area contributed by atoms with Gasteiger partial charge in [0.25, 0.3) is 5.91 Å². The molecule has 1 aromatic carbocycles. The molecule has 0 unspecified atom stereocenters. The molecule has 1 amide bonds. The Kier molecular flexibility index (Phi) is 5.08. The van der Waals surface area contributed by atoms with Crippen LogP contribution >= 0.6 is 0 Å². The molecule has 0 N–H and O–H groups in total. The number of carbonyl (C=O) groups excluding carboxylic acids is 1. The van der Waals surface area contributed by atoms with Gasteiger partial charge in [0.15, 0.2) is 5.43 Å². The van der Waals surface area contributed by atoms with E-state index in [-0.39, 0.29) is 17.1 Å². The van der Waals surface area contributed by atoms with E-state index in [2.05, 4.69) is 9.88 Å². The average molecular weight is 419 g/mol. The summed E-state index contributed by atoms with van der Waals surface area (Å²) < 4.78 is 11.5. The summed E-state index contributed by atoms with van der Waals surface area (Å²) in [6.45, 7) is 8.23. The lowest BCUT2D eigenvalue weighted by molar-refractivity contribution is 0.0314. The molecular weight excluding hydrogens is 394 g/mol. The van der Waals surface area contributed by atoms with Crippen molar-refractivity contribution in [2.75, 3.05) is 39.4 Å². The predicted molar refractivity (Wildman–Crippen MR) is 116 cm³/mol. The molecule has 4 heterocycles.